The fourth-order valence-corrected chi connectivity index (χ4v) is 4.86. The number of carbonyl (C=O) groups excluding carboxylic acids is 1. The SMILES string of the molecule is Cc1ccccc1N(Cc1cnn(C)c1C)C(=O)C12CCC(CC1)CC2. The standard InChI is InChI=1S/C22H29N3O/c1-16-6-4-5-7-20(16)25(15-19-14-23-24(3)17(19)2)21(26)22-11-8-18(9-12-22)10-13-22/h4-7,14,18H,8-13,15H2,1-3H3. The summed E-state index contributed by atoms with van der Waals surface area (Å²) < 4.78 is 1.89. The molecule has 2 bridgehead atoms. The van der Waals surface area contributed by atoms with Crippen molar-refractivity contribution >= 4 is 11.6 Å². The number of hydrogen-bond acceptors (Lipinski definition) is 2. The van der Waals surface area contributed by atoms with Gasteiger partial charge in [-0.2, -0.15) is 5.10 Å². The second-order valence-electron chi connectivity index (χ2n) is 8.32. The molecule has 26 heavy (non-hydrogen) atoms. The number of fused-ring (bicyclic) bond motifs is 3. The van der Waals surface area contributed by atoms with Crippen LogP contribution < -0.4 is 4.90 Å². The van der Waals surface area contributed by atoms with E-state index in [1.165, 1.54) is 19.3 Å². The predicted octanol–water partition coefficient (Wildman–Crippen LogP) is 4.54. The maximum Gasteiger partial charge on any atom is 0.233 e. The molecule has 0 radical (unpaired) electrons. The molecule has 1 heterocycles. The number of rotatable bonds is 4. The number of amides is 1. The molecular formula is C22H29N3O. The van der Waals surface area contributed by atoms with Crippen molar-refractivity contribution in [3.63, 3.8) is 0 Å². The van der Waals surface area contributed by atoms with Gasteiger partial charge in [-0.1, -0.05) is 18.2 Å². The average molecular weight is 351 g/mol. The molecular weight excluding hydrogens is 322 g/mol. The van der Waals surface area contributed by atoms with Gasteiger partial charge >= 0.3 is 0 Å². The van der Waals surface area contributed by atoms with Gasteiger partial charge in [0.25, 0.3) is 0 Å². The summed E-state index contributed by atoms with van der Waals surface area (Å²) in [5, 5.41) is 4.38. The summed E-state index contributed by atoms with van der Waals surface area (Å²) in [6, 6.07) is 8.26. The highest BCUT2D eigenvalue weighted by Crippen LogP contribution is 2.51. The second-order valence-corrected chi connectivity index (χ2v) is 8.32. The van der Waals surface area contributed by atoms with E-state index in [-0.39, 0.29) is 5.41 Å². The van der Waals surface area contributed by atoms with Crippen LogP contribution in [0.15, 0.2) is 30.5 Å². The zero-order chi connectivity index (χ0) is 18.3. The molecule has 0 spiro atoms. The molecule has 4 heteroatoms. The molecule has 4 nitrogen and oxygen atoms in total. The van der Waals surface area contributed by atoms with E-state index >= 15 is 0 Å². The lowest BCUT2D eigenvalue weighted by Gasteiger charge is -2.47. The lowest BCUT2D eigenvalue weighted by Crippen LogP contribution is -2.48. The largest absolute Gasteiger partial charge is 0.307 e. The molecule has 1 aromatic carbocycles. The summed E-state index contributed by atoms with van der Waals surface area (Å²) in [6.45, 7) is 4.78. The van der Waals surface area contributed by atoms with Gasteiger partial charge in [-0.15, -0.1) is 0 Å². The van der Waals surface area contributed by atoms with Crippen LogP contribution in [0.5, 0.6) is 0 Å². The highest BCUT2D eigenvalue weighted by Gasteiger charge is 2.47. The van der Waals surface area contributed by atoms with Gasteiger partial charge in [-0.25, -0.2) is 0 Å². The van der Waals surface area contributed by atoms with Crippen molar-refractivity contribution in [3.05, 3.63) is 47.3 Å². The monoisotopic (exact) mass is 351 g/mol. The molecule has 0 unspecified atom stereocenters. The number of para-hydroxylation sites is 1. The first-order valence-electron chi connectivity index (χ1n) is 9.85. The van der Waals surface area contributed by atoms with Crippen molar-refractivity contribution in [3.8, 4) is 0 Å². The molecule has 138 valence electrons. The van der Waals surface area contributed by atoms with E-state index < -0.39 is 0 Å². The van der Waals surface area contributed by atoms with Gasteiger partial charge in [-0.3, -0.25) is 9.48 Å². The molecule has 0 atom stereocenters. The van der Waals surface area contributed by atoms with E-state index in [1.54, 1.807) is 0 Å². The third-order valence-electron chi connectivity index (χ3n) is 6.86. The number of hydrogen-bond donors (Lipinski definition) is 0. The maximum atomic E-state index is 13.8. The summed E-state index contributed by atoms with van der Waals surface area (Å²) in [4.78, 5) is 15.9. The van der Waals surface area contributed by atoms with Crippen molar-refractivity contribution in [2.75, 3.05) is 4.90 Å². The maximum absolute atomic E-state index is 13.8. The molecule has 0 N–H and O–H groups in total. The summed E-state index contributed by atoms with van der Waals surface area (Å²) in [7, 11) is 1.96. The topological polar surface area (TPSA) is 38.1 Å². The van der Waals surface area contributed by atoms with Crippen molar-refractivity contribution in [1.29, 1.82) is 0 Å². The first kappa shape index (κ1) is 17.3. The van der Waals surface area contributed by atoms with Gasteiger partial charge in [-0.05, 0) is 69.9 Å². The van der Waals surface area contributed by atoms with E-state index in [0.29, 0.717) is 12.5 Å². The third kappa shape index (κ3) is 2.85. The van der Waals surface area contributed by atoms with Crippen LogP contribution in [0.3, 0.4) is 0 Å². The van der Waals surface area contributed by atoms with Gasteiger partial charge < -0.3 is 4.90 Å². The minimum absolute atomic E-state index is 0.146. The minimum atomic E-state index is -0.146. The van der Waals surface area contributed by atoms with Crippen LogP contribution in [0, 0.1) is 25.2 Å². The van der Waals surface area contributed by atoms with E-state index in [9.17, 15) is 4.79 Å². The number of carbonyl (C=O) groups is 1. The van der Waals surface area contributed by atoms with Crippen LogP contribution in [0.2, 0.25) is 0 Å². The van der Waals surface area contributed by atoms with Crippen LogP contribution >= 0.6 is 0 Å². The highest BCUT2D eigenvalue weighted by molar-refractivity contribution is 5.98. The Morgan fingerprint density at radius 1 is 1.19 bits per heavy atom. The molecule has 0 aliphatic heterocycles. The second kappa shape index (κ2) is 6.57. The summed E-state index contributed by atoms with van der Waals surface area (Å²) in [5.74, 6) is 1.19. The number of aromatic nitrogens is 2. The third-order valence-corrected chi connectivity index (χ3v) is 6.86. The smallest absolute Gasteiger partial charge is 0.233 e. The molecule has 3 aliphatic carbocycles. The van der Waals surface area contributed by atoms with Crippen LogP contribution in [0.1, 0.15) is 55.3 Å². The van der Waals surface area contributed by atoms with Gasteiger partial charge in [0.05, 0.1) is 12.7 Å². The van der Waals surface area contributed by atoms with E-state index in [1.807, 2.05) is 35.0 Å². The van der Waals surface area contributed by atoms with E-state index in [2.05, 4.69) is 31.1 Å². The number of aryl methyl sites for hydroxylation is 2. The normalized spacial score (nSPS) is 24.7. The molecule has 3 aliphatic rings. The van der Waals surface area contributed by atoms with Crippen molar-refractivity contribution in [2.24, 2.45) is 18.4 Å². The molecule has 3 fully saturated rings. The summed E-state index contributed by atoms with van der Waals surface area (Å²) in [5.41, 5.74) is 4.31. The Labute approximate surface area is 156 Å². The van der Waals surface area contributed by atoms with Crippen LogP contribution in [0.25, 0.3) is 0 Å². The first-order valence-corrected chi connectivity index (χ1v) is 9.85. The number of anilines is 1. The average Bonchev–Trinajstić information content (AvgIpc) is 3.00. The molecule has 3 saturated carbocycles. The zero-order valence-corrected chi connectivity index (χ0v) is 16.2. The fourth-order valence-electron chi connectivity index (χ4n) is 4.86. The van der Waals surface area contributed by atoms with Gasteiger partial charge in [0, 0.05) is 29.4 Å². The Hall–Kier alpha value is -2.10. The number of benzene rings is 1. The van der Waals surface area contributed by atoms with Gasteiger partial charge in [0.2, 0.25) is 5.91 Å². The Morgan fingerprint density at radius 3 is 2.42 bits per heavy atom. The minimum Gasteiger partial charge on any atom is -0.307 e. The molecule has 0 saturated heterocycles. The van der Waals surface area contributed by atoms with E-state index in [0.717, 1.165) is 47.7 Å². The number of nitrogens with zero attached hydrogens (tertiary/aromatic N) is 3. The molecule has 2 aromatic rings. The molecule has 1 amide bonds. The lowest BCUT2D eigenvalue weighted by atomic mass is 9.60. The van der Waals surface area contributed by atoms with Crippen molar-refractivity contribution in [1.82, 2.24) is 9.78 Å². The zero-order valence-electron chi connectivity index (χ0n) is 16.2. The highest BCUT2D eigenvalue weighted by atomic mass is 16.2. The van der Waals surface area contributed by atoms with Crippen LogP contribution in [-0.4, -0.2) is 15.7 Å². The summed E-state index contributed by atoms with van der Waals surface area (Å²) >= 11 is 0. The lowest BCUT2D eigenvalue weighted by molar-refractivity contribution is -0.134. The van der Waals surface area contributed by atoms with Gasteiger partial charge in [0.1, 0.15) is 0 Å². The quantitative estimate of drug-likeness (QED) is 0.811. The van der Waals surface area contributed by atoms with E-state index in [4.69, 9.17) is 0 Å². The Kier molecular flexibility index (Phi) is 4.37. The van der Waals surface area contributed by atoms with Crippen LogP contribution in [-0.2, 0) is 18.4 Å². The van der Waals surface area contributed by atoms with Crippen molar-refractivity contribution < 1.29 is 4.79 Å². The Bertz CT molecular complexity index is 801. The summed E-state index contributed by atoms with van der Waals surface area (Å²) in [6.07, 6.45) is 8.75. The van der Waals surface area contributed by atoms with Crippen molar-refractivity contribution in [2.45, 2.75) is 58.9 Å². The fraction of sp³-hybridized carbons (Fsp3) is 0.545. The predicted molar refractivity (Wildman–Crippen MR) is 104 cm³/mol. The Balaban J connectivity index is 1.71. The molecule has 1 aromatic heterocycles. The first-order chi connectivity index (χ1) is 12.5. The molecule has 5 rings (SSSR count). The van der Waals surface area contributed by atoms with Crippen LogP contribution in [0.4, 0.5) is 5.69 Å². The Morgan fingerprint density at radius 2 is 1.85 bits per heavy atom. The van der Waals surface area contributed by atoms with Gasteiger partial charge in [0.15, 0.2) is 0 Å².